The molecule has 0 saturated carbocycles. The van der Waals surface area contributed by atoms with Gasteiger partial charge in [-0.15, -0.1) is 0 Å². The zero-order valence-electron chi connectivity index (χ0n) is 15.3. The van der Waals surface area contributed by atoms with E-state index in [9.17, 15) is 18.8 Å². The van der Waals surface area contributed by atoms with Crippen molar-refractivity contribution in [3.05, 3.63) is 52.6 Å². The molecule has 1 N–H and O–H groups in total. The van der Waals surface area contributed by atoms with Gasteiger partial charge in [-0.3, -0.25) is 9.59 Å². The van der Waals surface area contributed by atoms with Crippen LogP contribution in [0.25, 0.3) is 0 Å². The number of carbonyl (C=O) groups is 3. The van der Waals surface area contributed by atoms with Crippen LogP contribution in [0.15, 0.2) is 30.5 Å². The van der Waals surface area contributed by atoms with Gasteiger partial charge in [0.15, 0.2) is 11.5 Å². The van der Waals surface area contributed by atoms with Gasteiger partial charge in [-0.05, 0) is 36.8 Å². The van der Waals surface area contributed by atoms with Crippen LogP contribution in [0.3, 0.4) is 0 Å². The van der Waals surface area contributed by atoms with Gasteiger partial charge in [-0.25, -0.2) is 19.1 Å². The second kappa shape index (κ2) is 7.41. The van der Waals surface area contributed by atoms with Crippen molar-refractivity contribution in [3.63, 3.8) is 0 Å². The molecule has 150 valence electrons. The topological polar surface area (TPSA) is 91.8 Å². The van der Waals surface area contributed by atoms with Crippen molar-refractivity contribution in [1.29, 1.82) is 0 Å². The number of nitrogens with zero attached hydrogens (tertiary/aromatic N) is 3. The smallest absolute Gasteiger partial charge is 0.332 e. The van der Waals surface area contributed by atoms with Gasteiger partial charge in [0.2, 0.25) is 0 Å². The minimum absolute atomic E-state index is 0.0857. The van der Waals surface area contributed by atoms with Crippen LogP contribution >= 0.6 is 11.6 Å². The molecule has 29 heavy (non-hydrogen) atoms. The highest BCUT2D eigenvalue weighted by atomic mass is 35.5. The van der Waals surface area contributed by atoms with Crippen molar-refractivity contribution < 1.29 is 23.5 Å². The van der Waals surface area contributed by atoms with Crippen LogP contribution in [-0.2, 0) is 9.53 Å². The lowest BCUT2D eigenvalue weighted by molar-refractivity contribution is -0.123. The maximum Gasteiger partial charge on any atom is 0.332 e. The number of imide groups is 1. The Morgan fingerprint density at radius 2 is 2.14 bits per heavy atom. The normalized spacial score (nSPS) is 18.8. The summed E-state index contributed by atoms with van der Waals surface area (Å²) in [4.78, 5) is 43.8. The molecule has 4 rings (SSSR count). The van der Waals surface area contributed by atoms with Crippen molar-refractivity contribution in [2.24, 2.45) is 0 Å². The van der Waals surface area contributed by atoms with Gasteiger partial charge in [0.05, 0.1) is 23.9 Å². The molecule has 0 aliphatic carbocycles. The van der Waals surface area contributed by atoms with Gasteiger partial charge in [0.25, 0.3) is 11.8 Å². The number of carbonyl (C=O) groups excluding carboxylic acids is 3. The number of ether oxygens (including phenoxy) is 1. The third-order valence-electron chi connectivity index (χ3n) is 4.71. The molecule has 2 saturated heterocycles. The Bertz CT molecular complexity index is 1010. The summed E-state index contributed by atoms with van der Waals surface area (Å²) in [5.74, 6) is -1.90. The number of amides is 4. The molecular weight excluding hydrogens is 403 g/mol. The van der Waals surface area contributed by atoms with Crippen molar-refractivity contribution >= 4 is 40.8 Å². The molecule has 1 aromatic heterocycles. The van der Waals surface area contributed by atoms with E-state index in [-0.39, 0.29) is 28.7 Å². The van der Waals surface area contributed by atoms with E-state index in [0.717, 1.165) is 4.90 Å². The lowest BCUT2D eigenvalue weighted by Crippen LogP contribution is -2.45. The fraction of sp³-hybridized carbons (Fsp3) is 0.263. The van der Waals surface area contributed by atoms with Crippen LogP contribution < -0.4 is 10.2 Å². The molecule has 1 aromatic carbocycles. The lowest BCUT2D eigenvalue weighted by atomic mass is 10.2. The summed E-state index contributed by atoms with van der Waals surface area (Å²) in [5, 5.41) is 2.59. The minimum Gasteiger partial charge on any atom is -0.377 e. The fourth-order valence-corrected chi connectivity index (χ4v) is 3.55. The minimum atomic E-state index is -0.742. The highest BCUT2D eigenvalue weighted by Gasteiger charge is 2.47. The monoisotopic (exact) mass is 418 g/mol. The summed E-state index contributed by atoms with van der Waals surface area (Å²) in [7, 11) is 0. The number of benzene rings is 1. The average molecular weight is 419 g/mol. The molecule has 4 amide bonds. The molecule has 2 fully saturated rings. The van der Waals surface area contributed by atoms with Gasteiger partial charge in [-0.2, -0.15) is 0 Å². The predicted octanol–water partition coefficient (Wildman–Crippen LogP) is 2.60. The van der Waals surface area contributed by atoms with Gasteiger partial charge >= 0.3 is 6.03 Å². The van der Waals surface area contributed by atoms with Crippen LogP contribution in [0.1, 0.15) is 16.1 Å². The number of urea groups is 1. The lowest BCUT2D eigenvalue weighted by Gasteiger charge is -2.26. The van der Waals surface area contributed by atoms with Crippen molar-refractivity contribution in [2.45, 2.75) is 13.0 Å². The quantitative estimate of drug-likeness (QED) is 0.773. The first kappa shape index (κ1) is 19.3. The third-order valence-corrected chi connectivity index (χ3v) is 5.01. The van der Waals surface area contributed by atoms with E-state index in [1.54, 1.807) is 6.92 Å². The number of halogens is 2. The van der Waals surface area contributed by atoms with Gasteiger partial charge in [0, 0.05) is 18.4 Å². The number of hydrogen-bond acceptors (Lipinski definition) is 5. The summed E-state index contributed by atoms with van der Waals surface area (Å²) in [5.41, 5.74) is 0.713. The summed E-state index contributed by atoms with van der Waals surface area (Å²) in [6, 6.07) is 4.39. The zero-order valence-corrected chi connectivity index (χ0v) is 16.1. The summed E-state index contributed by atoms with van der Waals surface area (Å²) in [6.45, 7) is 2.50. The number of aromatic nitrogens is 1. The van der Waals surface area contributed by atoms with Crippen molar-refractivity contribution in [3.8, 4) is 0 Å². The van der Waals surface area contributed by atoms with Crippen LogP contribution in [0.4, 0.5) is 20.6 Å². The highest BCUT2D eigenvalue weighted by molar-refractivity contribution is 6.36. The molecule has 2 aliphatic rings. The second-order valence-electron chi connectivity index (χ2n) is 6.70. The van der Waals surface area contributed by atoms with Gasteiger partial charge < -0.3 is 15.0 Å². The maximum atomic E-state index is 13.9. The van der Waals surface area contributed by atoms with Crippen LogP contribution in [0.2, 0.25) is 5.02 Å². The Morgan fingerprint density at radius 3 is 2.83 bits per heavy atom. The fourth-order valence-electron chi connectivity index (χ4n) is 3.29. The number of aryl methyl sites for hydroxylation is 1. The molecule has 10 heteroatoms. The second-order valence-corrected chi connectivity index (χ2v) is 7.11. The Morgan fingerprint density at radius 1 is 1.34 bits per heavy atom. The SMILES string of the molecule is Cc1cnc(C(=O)Nc2ccc(N3C(=O)C4COCCN4C3=O)c(Cl)c2)c(F)c1. The molecule has 0 spiro atoms. The Kier molecular flexibility index (Phi) is 4.93. The molecule has 8 nitrogen and oxygen atoms in total. The summed E-state index contributed by atoms with van der Waals surface area (Å²) < 4.78 is 19.2. The van der Waals surface area contributed by atoms with E-state index in [1.807, 2.05) is 0 Å². The highest BCUT2D eigenvalue weighted by Crippen LogP contribution is 2.34. The first-order valence-electron chi connectivity index (χ1n) is 8.82. The van der Waals surface area contributed by atoms with Crippen molar-refractivity contribution in [1.82, 2.24) is 9.88 Å². The number of rotatable bonds is 3. The third kappa shape index (κ3) is 3.43. The first-order chi connectivity index (χ1) is 13.9. The van der Waals surface area contributed by atoms with Crippen LogP contribution in [0.5, 0.6) is 0 Å². The molecule has 0 bridgehead atoms. The van der Waals surface area contributed by atoms with Crippen LogP contribution in [0, 0.1) is 12.7 Å². The summed E-state index contributed by atoms with van der Waals surface area (Å²) in [6.07, 6.45) is 1.39. The molecule has 2 aromatic rings. The van der Waals surface area contributed by atoms with Crippen LogP contribution in [-0.4, -0.2) is 53.5 Å². The molecular formula is C19H16ClFN4O4. The van der Waals surface area contributed by atoms with E-state index in [0.29, 0.717) is 18.7 Å². The van der Waals surface area contributed by atoms with E-state index in [2.05, 4.69) is 10.3 Å². The van der Waals surface area contributed by atoms with E-state index in [1.165, 1.54) is 35.4 Å². The number of fused-ring (bicyclic) bond motifs is 1. The number of anilines is 2. The van der Waals surface area contributed by atoms with E-state index < -0.39 is 29.7 Å². The molecule has 2 aliphatic heterocycles. The van der Waals surface area contributed by atoms with E-state index >= 15 is 0 Å². The number of pyridine rings is 1. The number of hydrogen-bond donors (Lipinski definition) is 1. The van der Waals surface area contributed by atoms with E-state index in [4.69, 9.17) is 16.3 Å². The largest absolute Gasteiger partial charge is 0.377 e. The maximum absolute atomic E-state index is 13.9. The molecule has 0 radical (unpaired) electrons. The predicted molar refractivity (Wildman–Crippen MR) is 103 cm³/mol. The summed E-state index contributed by atoms with van der Waals surface area (Å²) >= 11 is 6.28. The molecule has 3 heterocycles. The zero-order chi connectivity index (χ0) is 20.7. The average Bonchev–Trinajstić information content (AvgIpc) is 2.93. The molecule has 1 atom stereocenters. The van der Waals surface area contributed by atoms with Gasteiger partial charge in [-0.1, -0.05) is 11.6 Å². The Hall–Kier alpha value is -3.04. The van der Waals surface area contributed by atoms with Crippen molar-refractivity contribution in [2.75, 3.05) is 30.0 Å². The number of morpholine rings is 1. The first-order valence-corrected chi connectivity index (χ1v) is 9.20. The Balaban J connectivity index is 1.56. The standard InChI is InChI=1S/C19H16ClFN4O4/c1-10-6-13(21)16(22-8-10)17(26)23-11-2-3-14(12(20)7-11)25-18(27)15-9-29-5-4-24(15)19(25)28/h2-3,6-8,15H,4-5,9H2,1H3,(H,23,26). The number of nitrogens with one attached hydrogen (secondary N) is 1. The Labute approximate surface area is 170 Å². The molecule has 1 unspecified atom stereocenters. The van der Waals surface area contributed by atoms with Gasteiger partial charge in [0.1, 0.15) is 6.04 Å².